The Balaban J connectivity index is 0.00000364. The monoisotopic (exact) mass is 575 g/mol. The van der Waals surface area contributed by atoms with E-state index in [1.165, 1.54) is 0 Å². The van der Waals surface area contributed by atoms with Gasteiger partial charge >= 0.3 is 0 Å². The van der Waals surface area contributed by atoms with Crippen LogP contribution in [0.2, 0.25) is 0 Å². The van der Waals surface area contributed by atoms with E-state index in [0.717, 1.165) is 10.0 Å². The molecule has 1 aliphatic heterocycles. The molecule has 2 rings (SSSR count). The number of sulfone groups is 1. The highest BCUT2D eigenvalue weighted by Crippen LogP contribution is 2.33. The smallest absolute Gasteiger partial charge is 0.193 e. The number of aliphatic imine (C=N–C) groups is 1. The van der Waals surface area contributed by atoms with Gasteiger partial charge in [0.15, 0.2) is 27.3 Å². The Hall–Kier alpha value is -0.750. The highest BCUT2D eigenvalue weighted by atomic mass is 127. The topological polar surface area (TPSA) is 80.2 Å². The fourth-order valence-electron chi connectivity index (χ4n) is 2.86. The lowest BCUT2D eigenvalue weighted by Gasteiger charge is -2.39. The van der Waals surface area contributed by atoms with Crippen molar-refractivity contribution in [2.24, 2.45) is 4.99 Å². The number of ether oxygens (including phenoxy) is 2. The van der Waals surface area contributed by atoms with Gasteiger partial charge in [-0.25, -0.2) is 8.42 Å². The van der Waals surface area contributed by atoms with Crippen molar-refractivity contribution in [2.75, 3.05) is 40.1 Å². The molecule has 0 unspecified atom stereocenters. The molecule has 1 aliphatic rings. The van der Waals surface area contributed by atoms with Crippen molar-refractivity contribution in [3.63, 3.8) is 0 Å². The van der Waals surface area contributed by atoms with Crippen LogP contribution in [0.25, 0.3) is 0 Å². The van der Waals surface area contributed by atoms with E-state index < -0.39 is 14.6 Å². The molecule has 154 valence electrons. The third-order valence-electron chi connectivity index (χ3n) is 4.54. The summed E-state index contributed by atoms with van der Waals surface area (Å²) in [4.78, 5) is 6.29. The minimum atomic E-state index is -3.09. The van der Waals surface area contributed by atoms with Crippen LogP contribution < -0.4 is 14.8 Å². The maximum absolute atomic E-state index is 12.2. The van der Waals surface area contributed by atoms with Gasteiger partial charge in [0.05, 0.1) is 24.7 Å². The van der Waals surface area contributed by atoms with Crippen molar-refractivity contribution >= 4 is 55.7 Å². The van der Waals surface area contributed by atoms with E-state index in [4.69, 9.17) is 9.47 Å². The summed E-state index contributed by atoms with van der Waals surface area (Å²) in [6.45, 7) is 4.86. The van der Waals surface area contributed by atoms with Gasteiger partial charge in [-0.1, -0.05) is 15.9 Å². The van der Waals surface area contributed by atoms with Crippen LogP contribution in [0.15, 0.2) is 21.6 Å². The molecule has 27 heavy (non-hydrogen) atoms. The van der Waals surface area contributed by atoms with Crippen molar-refractivity contribution in [2.45, 2.75) is 25.1 Å². The molecule has 1 fully saturated rings. The van der Waals surface area contributed by atoms with Crippen LogP contribution in [0.1, 0.15) is 19.4 Å². The molecular weight excluding hydrogens is 549 g/mol. The SMILES string of the molecule is CN=C(NCc1cc(OC)c(OC)cc1Br)N1CCS(=O)(=O)C(C)(C)C1.I. The molecular formula is C17H27BrIN3O4S. The zero-order chi connectivity index (χ0) is 19.5. The Morgan fingerprint density at radius 1 is 1.30 bits per heavy atom. The molecule has 7 nitrogen and oxygen atoms in total. The first-order chi connectivity index (χ1) is 12.1. The maximum Gasteiger partial charge on any atom is 0.193 e. The molecule has 10 heteroatoms. The summed E-state index contributed by atoms with van der Waals surface area (Å²) >= 11 is 3.54. The quantitative estimate of drug-likeness (QED) is 0.338. The highest BCUT2D eigenvalue weighted by Gasteiger charge is 2.40. The molecule has 0 atom stereocenters. The first-order valence-electron chi connectivity index (χ1n) is 8.23. The van der Waals surface area contributed by atoms with Gasteiger partial charge in [-0.3, -0.25) is 4.99 Å². The van der Waals surface area contributed by atoms with Crippen molar-refractivity contribution < 1.29 is 17.9 Å². The second kappa shape index (κ2) is 9.64. The Labute approximate surface area is 187 Å². The van der Waals surface area contributed by atoms with Gasteiger partial charge in [-0.05, 0) is 31.5 Å². The third-order valence-corrected chi connectivity index (χ3v) is 7.82. The van der Waals surface area contributed by atoms with Crippen LogP contribution >= 0.6 is 39.9 Å². The van der Waals surface area contributed by atoms with Crippen molar-refractivity contribution in [3.05, 3.63) is 22.2 Å². The standard InChI is InChI=1S/C17H26BrN3O4S.HI/c1-17(2)11-21(6-7-26(17,22)23)16(19-3)20-10-12-8-14(24-4)15(25-5)9-13(12)18;/h8-9H,6-7,10-11H2,1-5H3,(H,19,20);1H. The molecule has 0 amide bonds. The number of nitrogens with one attached hydrogen (secondary N) is 1. The summed E-state index contributed by atoms with van der Waals surface area (Å²) in [6, 6.07) is 3.75. The summed E-state index contributed by atoms with van der Waals surface area (Å²) in [7, 11) is 1.80. The first-order valence-corrected chi connectivity index (χ1v) is 10.7. The molecule has 1 heterocycles. The number of benzene rings is 1. The van der Waals surface area contributed by atoms with Gasteiger partial charge < -0.3 is 19.7 Å². The lowest BCUT2D eigenvalue weighted by Crippen LogP contribution is -2.57. The Morgan fingerprint density at radius 3 is 2.41 bits per heavy atom. The number of halogens is 2. The average Bonchev–Trinajstić information content (AvgIpc) is 2.59. The summed E-state index contributed by atoms with van der Waals surface area (Å²) < 4.78 is 35.1. The molecule has 1 aromatic carbocycles. The minimum absolute atomic E-state index is 0. The predicted molar refractivity (Wildman–Crippen MR) is 122 cm³/mol. The molecule has 0 aromatic heterocycles. The zero-order valence-corrected chi connectivity index (χ0v) is 20.9. The summed E-state index contributed by atoms with van der Waals surface area (Å²) in [5.74, 6) is 2.10. The second-order valence-corrected chi connectivity index (χ2v) is 10.3. The molecule has 0 bridgehead atoms. The Morgan fingerprint density at radius 2 is 1.89 bits per heavy atom. The molecule has 0 spiro atoms. The largest absolute Gasteiger partial charge is 0.493 e. The fraction of sp³-hybridized carbons (Fsp3) is 0.588. The van der Waals surface area contributed by atoms with E-state index >= 15 is 0 Å². The van der Waals surface area contributed by atoms with Gasteiger partial charge in [-0.2, -0.15) is 0 Å². The van der Waals surface area contributed by atoms with Crippen molar-refractivity contribution in [3.8, 4) is 11.5 Å². The predicted octanol–water partition coefficient (Wildman–Crippen LogP) is 2.67. The van der Waals surface area contributed by atoms with Crippen molar-refractivity contribution in [1.82, 2.24) is 10.2 Å². The van der Waals surface area contributed by atoms with Crippen molar-refractivity contribution in [1.29, 1.82) is 0 Å². The van der Waals surface area contributed by atoms with Crippen LogP contribution in [0.5, 0.6) is 11.5 Å². The van der Waals surface area contributed by atoms with Gasteiger partial charge in [0.1, 0.15) is 0 Å². The Bertz CT molecular complexity index is 800. The molecule has 1 N–H and O–H groups in total. The minimum Gasteiger partial charge on any atom is -0.493 e. The second-order valence-electron chi connectivity index (χ2n) is 6.70. The Kier molecular flexibility index (Phi) is 8.67. The van der Waals surface area contributed by atoms with E-state index in [2.05, 4.69) is 26.2 Å². The summed E-state index contributed by atoms with van der Waals surface area (Å²) in [5.41, 5.74) is 0.979. The van der Waals surface area contributed by atoms with Crippen LogP contribution in [0.3, 0.4) is 0 Å². The number of methoxy groups -OCH3 is 2. The van der Waals surface area contributed by atoms with Crippen LogP contribution in [0.4, 0.5) is 0 Å². The molecule has 0 aliphatic carbocycles. The maximum atomic E-state index is 12.2. The normalized spacial score (nSPS) is 18.4. The number of nitrogens with zero attached hydrogens (tertiary/aromatic N) is 2. The van der Waals surface area contributed by atoms with Gasteiger partial charge in [0, 0.05) is 31.2 Å². The number of hydrogen-bond acceptors (Lipinski definition) is 5. The summed E-state index contributed by atoms with van der Waals surface area (Å²) in [5, 5.41) is 3.30. The third kappa shape index (κ3) is 5.41. The van der Waals surface area contributed by atoms with E-state index in [-0.39, 0.29) is 29.7 Å². The number of rotatable bonds is 4. The summed E-state index contributed by atoms with van der Waals surface area (Å²) in [6.07, 6.45) is 0. The van der Waals surface area contributed by atoms with Gasteiger partial charge in [0.25, 0.3) is 0 Å². The molecule has 0 saturated carbocycles. The van der Waals surface area contributed by atoms with Gasteiger partial charge in [-0.15, -0.1) is 24.0 Å². The van der Waals surface area contributed by atoms with E-state index in [9.17, 15) is 8.42 Å². The van der Waals surface area contributed by atoms with Gasteiger partial charge in [0.2, 0.25) is 0 Å². The van der Waals surface area contributed by atoms with Crippen LogP contribution in [0, 0.1) is 0 Å². The molecule has 0 radical (unpaired) electrons. The lowest BCUT2D eigenvalue weighted by atomic mass is 10.2. The van der Waals surface area contributed by atoms with Crippen LogP contribution in [-0.2, 0) is 16.4 Å². The lowest BCUT2D eigenvalue weighted by molar-refractivity contribution is 0.351. The fourth-order valence-corrected chi connectivity index (χ4v) is 4.69. The van der Waals surface area contributed by atoms with E-state index in [1.54, 1.807) is 35.1 Å². The van der Waals surface area contributed by atoms with E-state index in [0.29, 0.717) is 37.1 Å². The molecule has 1 aromatic rings. The average molecular weight is 576 g/mol. The van der Waals surface area contributed by atoms with E-state index in [1.807, 2.05) is 17.0 Å². The zero-order valence-electron chi connectivity index (χ0n) is 16.2. The van der Waals surface area contributed by atoms with Crippen LogP contribution in [-0.4, -0.2) is 64.1 Å². The molecule has 1 saturated heterocycles. The highest BCUT2D eigenvalue weighted by molar-refractivity contribution is 14.0. The number of hydrogen-bond donors (Lipinski definition) is 1. The first kappa shape index (κ1) is 24.3. The number of guanidine groups is 1.